The molecule has 0 unspecified atom stereocenters. The molecule has 2 aromatic rings. The molecule has 146 valence electrons. The van der Waals surface area contributed by atoms with Crippen molar-refractivity contribution in [1.29, 1.82) is 0 Å². The molecule has 0 aliphatic heterocycles. The Morgan fingerprint density at radius 2 is 1.81 bits per heavy atom. The van der Waals surface area contributed by atoms with Crippen LogP contribution in [0.15, 0.2) is 33.9 Å². The van der Waals surface area contributed by atoms with E-state index in [0.717, 1.165) is 49.5 Å². The minimum Gasteiger partial charge on any atom is -0.352 e. The van der Waals surface area contributed by atoms with E-state index in [9.17, 15) is 14.4 Å². The molecule has 1 aromatic heterocycles. The maximum atomic E-state index is 13.0. The summed E-state index contributed by atoms with van der Waals surface area (Å²) in [5.41, 5.74) is -0.137. The number of fused-ring (bicyclic) bond motifs is 1. The fraction of sp³-hybridized carbons (Fsp3) is 0.571. The van der Waals surface area contributed by atoms with E-state index in [-0.39, 0.29) is 24.1 Å². The van der Waals surface area contributed by atoms with Crippen molar-refractivity contribution in [2.45, 2.75) is 77.4 Å². The van der Waals surface area contributed by atoms with Gasteiger partial charge in [0.15, 0.2) is 0 Å². The van der Waals surface area contributed by atoms with Crippen molar-refractivity contribution in [2.24, 2.45) is 0 Å². The smallest absolute Gasteiger partial charge is 0.331 e. The zero-order chi connectivity index (χ0) is 19.2. The van der Waals surface area contributed by atoms with Gasteiger partial charge in [-0.1, -0.05) is 51.2 Å². The number of aryl methyl sites for hydroxylation is 1. The summed E-state index contributed by atoms with van der Waals surface area (Å²) in [5.74, 6) is -0.253. The molecule has 0 saturated heterocycles. The summed E-state index contributed by atoms with van der Waals surface area (Å²) in [5, 5.41) is 3.48. The highest BCUT2D eigenvalue weighted by Crippen LogP contribution is 2.17. The third-order valence-electron chi connectivity index (χ3n) is 5.39. The molecule has 27 heavy (non-hydrogen) atoms. The topological polar surface area (TPSA) is 73.1 Å². The minimum atomic E-state index is -0.395. The predicted molar refractivity (Wildman–Crippen MR) is 107 cm³/mol. The van der Waals surface area contributed by atoms with Gasteiger partial charge in [-0.2, -0.15) is 0 Å². The van der Waals surface area contributed by atoms with Crippen LogP contribution in [0.25, 0.3) is 10.9 Å². The predicted octanol–water partition coefficient (Wildman–Crippen LogP) is 2.80. The van der Waals surface area contributed by atoms with E-state index < -0.39 is 5.69 Å². The molecule has 1 heterocycles. The monoisotopic (exact) mass is 371 g/mol. The lowest BCUT2D eigenvalue weighted by Crippen LogP contribution is -2.46. The van der Waals surface area contributed by atoms with Gasteiger partial charge in [0.1, 0.15) is 6.54 Å². The van der Waals surface area contributed by atoms with E-state index in [1.54, 1.807) is 22.8 Å². The van der Waals surface area contributed by atoms with Gasteiger partial charge in [0.2, 0.25) is 5.91 Å². The lowest BCUT2D eigenvalue weighted by Gasteiger charge is -2.23. The standard InChI is InChI=1S/C21H29N3O3/c1-2-3-9-14-23-18-13-8-7-12-17(18)20(26)24(21(23)27)15-19(25)22-16-10-5-4-6-11-16/h7-8,12-13,16H,2-6,9-11,14-15H2,1H3,(H,22,25). The molecule has 1 saturated carbocycles. The van der Waals surface area contributed by atoms with Crippen molar-refractivity contribution in [3.8, 4) is 0 Å². The van der Waals surface area contributed by atoms with Crippen LogP contribution in [0.5, 0.6) is 0 Å². The molecule has 0 spiro atoms. The van der Waals surface area contributed by atoms with Crippen LogP contribution < -0.4 is 16.6 Å². The van der Waals surface area contributed by atoms with E-state index >= 15 is 0 Å². The zero-order valence-electron chi connectivity index (χ0n) is 16.1. The highest BCUT2D eigenvalue weighted by Gasteiger charge is 2.19. The normalized spacial score (nSPS) is 15.1. The van der Waals surface area contributed by atoms with E-state index in [4.69, 9.17) is 0 Å². The summed E-state index contributed by atoms with van der Waals surface area (Å²) in [4.78, 5) is 38.3. The second kappa shape index (κ2) is 9.02. The highest BCUT2D eigenvalue weighted by molar-refractivity contribution is 5.79. The number of rotatable bonds is 7. The molecular formula is C21H29N3O3. The Bertz CT molecular complexity index is 907. The second-order valence-electron chi connectivity index (χ2n) is 7.45. The van der Waals surface area contributed by atoms with Gasteiger partial charge in [0.05, 0.1) is 10.9 Å². The van der Waals surface area contributed by atoms with Crippen molar-refractivity contribution < 1.29 is 4.79 Å². The second-order valence-corrected chi connectivity index (χ2v) is 7.45. The first-order chi connectivity index (χ1) is 13.1. The lowest BCUT2D eigenvalue weighted by atomic mass is 9.95. The molecule has 6 heteroatoms. The summed E-state index contributed by atoms with van der Waals surface area (Å²) in [6, 6.07) is 7.31. The Balaban J connectivity index is 1.90. The van der Waals surface area contributed by atoms with Crippen LogP contribution in [0.1, 0.15) is 58.3 Å². The Labute approximate surface area is 159 Å². The molecule has 6 nitrogen and oxygen atoms in total. The molecule has 1 aliphatic rings. The van der Waals surface area contributed by atoms with Gasteiger partial charge in [0.25, 0.3) is 5.56 Å². The first kappa shape index (κ1) is 19.4. The Morgan fingerprint density at radius 1 is 1.07 bits per heavy atom. The summed E-state index contributed by atoms with van der Waals surface area (Å²) in [7, 11) is 0. The van der Waals surface area contributed by atoms with E-state index in [1.165, 1.54) is 6.42 Å². The van der Waals surface area contributed by atoms with Crippen LogP contribution in [0.2, 0.25) is 0 Å². The van der Waals surface area contributed by atoms with Crippen LogP contribution in [-0.4, -0.2) is 21.1 Å². The zero-order valence-corrected chi connectivity index (χ0v) is 16.1. The highest BCUT2D eigenvalue weighted by atomic mass is 16.2. The average Bonchev–Trinajstić information content (AvgIpc) is 2.68. The molecule has 1 amide bonds. The molecule has 1 aromatic carbocycles. The number of benzene rings is 1. The first-order valence-corrected chi connectivity index (χ1v) is 10.1. The fourth-order valence-corrected chi connectivity index (χ4v) is 3.91. The molecule has 1 aliphatic carbocycles. The van der Waals surface area contributed by atoms with E-state index in [2.05, 4.69) is 12.2 Å². The Kier molecular flexibility index (Phi) is 6.48. The Morgan fingerprint density at radius 3 is 2.56 bits per heavy atom. The van der Waals surface area contributed by atoms with Gasteiger partial charge in [-0.05, 0) is 31.4 Å². The summed E-state index contributed by atoms with van der Waals surface area (Å²) < 4.78 is 2.73. The van der Waals surface area contributed by atoms with Crippen LogP contribution in [0.4, 0.5) is 0 Å². The number of para-hydroxylation sites is 1. The van der Waals surface area contributed by atoms with Gasteiger partial charge in [-0.15, -0.1) is 0 Å². The molecule has 0 atom stereocenters. The molecule has 0 radical (unpaired) electrons. The number of nitrogens with one attached hydrogen (secondary N) is 1. The quantitative estimate of drug-likeness (QED) is 0.761. The van der Waals surface area contributed by atoms with Gasteiger partial charge >= 0.3 is 5.69 Å². The van der Waals surface area contributed by atoms with Gasteiger partial charge in [0, 0.05) is 12.6 Å². The number of carbonyl (C=O) groups is 1. The number of unbranched alkanes of at least 4 members (excludes halogenated alkanes) is 2. The van der Waals surface area contributed by atoms with Crippen molar-refractivity contribution in [3.63, 3.8) is 0 Å². The minimum absolute atomic E-state index is 0.161. The third-order valence-corrected chi connectivity index (χ3v) is 5.39. The van der Waals surface area contributed by atoms with Crippen molar-refractivity contribution >= 4 is 16.8 Å². The molecular weight excluding hydrogens is 342 g/mol. The van der Waals surface area contributed by atoms with Gasteiger partial charge in [-0.3, -0.25) is 18.7 Å². The van der Waals surface area contributed by atoms with Crippen LogP contribution in [0, 0.1) is 0 Å². The first-order valence-electron chi connectivity index (χ1n) is 10.1. The largest absolute Gasteiger partial charge is 0.352 e. The SMILES string of the molecule is CCCCCn1c(=O)n(CC(=O)NC2CCCCC2)c(=O)c2ccccc21. The van der Waals surface area contributed by atoms with Crippen molar-refractivity contribution in [3.05, 3.63) is 45.1 Å². The van der Waals surface area contributed by atoms with Crippen LogP contribution >= 0.6 is 0 Å². The molecule has 3 rings (SSSR count). The average molecular weight is 371 g/mol. The third kappa shape index (κ3) is 4.49. The maximum absolute atomic E-state index is 13.0. The van der Waals surface area contributed by atoms with Gasteiger partial charge in [-0.25, -0.2) is 4.79 Å². The number of carbonyl (C=O) groups excluding carboxylic acids is 1. The maximum Gasteiger partial charge on any atom is 0.331 e. The number of hydrogen-bond donors (Lipinski definition) is 1. The van der Waals surface area contributed by atoms with Crippen molar-refractivity contribution in [1.82, 2.24) is 14.5 Å². The Hall–Kier alpha value is -2.37. The van der Waals surface area contributed by atoms with Crippen LogP contribution in [-0.2, 0) is 17.9 Å². The number of amides is 1. The number of nitrogens with zero attached hydrogens (tertiary/aromatic N) is 2. The summed E-state index contributed by atoms with van der Waals surface area (Å²) >= 11 is 0. The summed E-state index contributed by atoms with van der Waals surface area (Å²) in [6.45, 7) is 2.45. The number of aromatic nitrogens is 2. The van der Waals surface area contributed by atoms with E-state index in [1.807, 2.05) is 6.07 Å². The molecule has 1 fully saturated rings. The van der Waals surface area contributed by atoms with E-state index in [0.29, 0.717) is 17.4 Å². The van der Waals surface area contributed by atoms with Crippen molar-refractivity contribution in [2.75, 3.05) is 0 Å². The summed E-state index contributed by atoms with van der Waals surface area (Å²) in [6.07, 6.45) is 8.32. The molecule has 0 bridgehead atoms. The van der Waals surface area contributed by atoms with Crippen LogP contribution in [0.3, 0.4) is 0 Å². The lowest BCUT2D eigenvalue weighted by molar-refractivity contribution is -0.122. The fourth-order valence-electron chi connectivity index (χ4n) is 3.91. The number of hydrogen-bond acceptors (Lipinski definition) is 3. The molecule has 1 N–H and O–H groups in total. The van der Waals surface area contributed by atoms with Gasteiger partial charge < -0.3 is 5.32 Å².